The molecule has 26 heavy (non-hydrogen) atoms. The summed E-state index contributed by atoms with van der Waals surface area (Å²) in [5.41, 5.74) is 3.30. The number of para-hydroxylation sites is 1. The van der Waals surface area contributed by atoms with Crippen molar-refractivity contribution < 1.29 is 9.47 Å². The third-order valence-electron chi connectivity index (χ3n) is 4.51. The Morgan fingerprint density at radius 3 is 2.65 bits per heavy atom. The van der Waals surface area contributed by atoms with Crippen LogP contribution < -0.4 is 4.74 Å². The van der Waals surface area contributed by atoms with E-state index in [9.17, 15) is 0 Å². The fraction of sp³-hybridized carbons (Fsp3) is 0.348. The van der Waals surface area contributed by atoms with Crippen molar-refractivity contribution in [3.8, 4) is 5.75 Å². The third kappa shape index (κ3) is 5.57. The summed E-state index contributed by atoms with van der Waals surface area (Å²) in [7, 11) is 1.76. The SMILES string of the molecule is COCCCCCCc1cccc(OCc2ccc3ccccc3n2)c1. The van der Waals surface area contributed by atoms with Crippen LogP contribution in [-0.2, 0) is 17.8 Å². The lowest BCUT2D eigenvalue weighted by atomic mass is 10.1. The number of aryl methyl sites for hydroxylation is 1. The smallest absolute Gasteiger partial charge is 0.130 e. The predicted octanol–water partition coefficient (Wildman–Crippen LogP) is 5.56. The minimum absolute atomic E-state index is 0.491. The number of ether oxygens (including phenoxy) is 2. The molecule has 136 valence electrons. The fourth-order valence-corrected chi connectivity index (χ4v) is 3.07. The van der Waals surface area contributed by atoms with Crippen LogP contribution in [-0.4, -0.2) is 18.7 Å². The molecule has 0 amide bonds. The molecule has 3 heteroatoms. The second-order valence-electron chi connectivity index (χ2n) is 6.59. The minimum Gasteiger partial charge on any atom is -0.487 e. The van der Waals surface area contributed by atoms with Gasteiger partial charge in [0.05, 0.1) is 11.2 Å². The van der Waals surface area contributed by atoms with Gasteiger partial charge < -0.3 is 9.47 Å². The molecule has 0 N–H and O–H groups in total. The summed E-state index contributed by atoms with van der Waals surface area (Å²) in [5, 5.41) is 1.16. The zero-order valence-electron chi connectivity index (χ0n) is 15.5. The average molecular weight is 349 g/mol. The quantitative estimate of drug-likeness (QED) is 0.449. The maximum atomic E-state index is 5.96. The second kappa shape index (κ2) is 9.93. The number of hydrogen-bond donors (Lipinski definition) is 0. The summed E-state index contributed by atoms with van der Waals surface area (Å²) in [6.07, 6.45) is 5.93. The highest BCUT2D eigenvalue weighted by atomic mass is 16.5. The van der Waals surface area contributed by atoms with Crippen LogP contribution in [0, 0.1) is 0 Å². The molecule has 0 saturated heterocycles. The summed E-state index contributed by atoms with van der Waals surface area (Å²) < 4.78 is 11.0. The Labute approximate surface area is 156 Å². The van der Waals surface area contributed by atoms with Crippen LogP contribution in [0.15, 0.2) is 60.7 Å². The molecule has 3 aromatic rings. The number of aromatic nitrogens is 1. The van der Waals surface area contributed by atoms with E-state index in [1.807, 2.05) is 30.3 Å². The maximum Gasteiger partial charge on any atom is 0.130 e. The van der Waals surface area contributed by atoms with Crippen molar-refractivity contribution in [3.05, 3.63) is 71.9 Å². The van der Waals surface area contributed by atoms with E-state index < -0.39 is 0 Å². The minimum atomic E-state index is 0.491. The molecule has 0 saturated carbocycles. The van der Waals surface area contributed by atoms with Crippen molar-refractivity contribution in [2.24, 2.45) is 0 Å². The van der Waals surface area contributed by atoms with Crippen LogP contribution in [0.4, 0.5) is 0 Å². The molecule has 1 aromatic heterocycles. The summed E-state index contributed by atoms with van der Waals surface area (Å²) in [4.78, 5) is 4.66. The van der Waals surface area contributed by atoms with E-state index in [-0.39, 0.29) is 0 Å². The number of rotatable bonds is 10. The average Bonchev–Trinajstić information content (AvgIpc) is 2.69. The lowest BCUT2D eigenvalue weighted by Crippen LogP contribution is -1.99. The zero-order chi connectivity index (χ0) is 18.0. The summed E-state index contributed by atoms with van der Waals surface area (Å²) in [5.74, 6) is 0.914. The number of nitrogens with zero attached hydrogens (tertiary/aromatic N) is 1. The van der Waals surface area contributed by atoms with Crippen LogP contribution in [0.5, 0.6) is 5.75 Å². The Morgan fingerprint density at radius 1 is 0.846 bits per heavy atom. The first-order valence-electron chi connectivity index (χ1n) is 9.40. The summed E-state index contributed by atoms with van der Waals surface area (Å²) in [6.45, 7) is 1.36. The molecule has 0 spiro atoms. The first kappa shape index (κ1) is 18.4. The van der Waals surface area contributed by atoms with Crippen LogP contribution >= 0.6 is 0 Å². The van der Waals surface area contributed by atoms with Crippen molar-refractivity contribution in [2.75, 3.05) is 13.7 Å². The Morgan fingerprint density at radius 2 is 1.73 bits per heavy atom. The molecule has 3 nitrogen and oxygen atoms in total. The van der Waals surface area contributed by atoms with Gasteiger partial charge >= 0.3 is 0 Å². The van der Waals surface area contributed by atoms with E-state index in [0.717, 1.165) is 41.8 Å². The van der Waals surface area contributed by atoms with Gasteiger partial charge in [-0.3, -0.25) is 0 Å². The molecule has 0 fully saturated rings. The molecule has 0 bridgehead atoms. The highest BCUT2D eigenvalue weighted by Gasteiger charge is 2.01. The topological polar surface area (TPSA) is 31.4 Å². The van der Waals surface area contributed by atoms with Crippen molar-refractivity contribution in [3.63, 3.8) is 0 Å². The standard InChI is InChI=1S/C23H27NO2/c1-25-16-7-3-2-4-9-19-10-8-12-22(17-19)26-18-21-15-14-20-11-5-6-13-23(20)24-21/h5-6,8,10-15,17H,2-4,7,9,16,18H2,1H3. The van der Waals surface area contributed by atoms with Gasteiger partial charge in [0.15, 0.2) is 0 Å². The van der Waals surface area contributed by atoms with Crippen molar-refractivity contribution in [2.45, 2.75) is 38.7 Å². The van der Waals surface area contributed by atoms with Gasteiger partial charge in [-0.2, -0.15) is 0 Å². The number of unbranched alkanes of at least 4 members (excludes halogenated alkanes) is 3. The molecular formula is C23H27NO2. The number of hydrogen-bond acceptors (Lipinski definition) is 3. The van der Waals surface area contributed by atoms with Crippen molar-refractivity contribution in [1.29, 1.82) is 0 Å². The van der Waals surface area contributed by atoms with E-state index in [1.54, 1.807) is 7.11 Å². The summed E-state index contributed by atoms with van der Waals surface area (Å²) >= 11 is 0. The Kier molecular flexibility index (Phi) is 7.03. The van der Waals surface area contributed by atoms with Gasteiger partial charge in [-0.05, 0) is 49.1 Å². The number of benzene rings is 2. The Balaban J connectivity index is 1.50. The highest BCUT2D eigenvalue weighted by Crippen LogP contribution is 2.18. The van der Waals surface area contributed by atoms with Crippen LogP contribution in [0.2, 0.25) is 0 Å². The van der Waals surface area contributed by atoms with E-state index in [1.165, 1.54) is 24.8 Å². The van der Waals surface area contributed by atoms with Gasteiger partial charge in [-0.15, -0.1) is 0 Å². The largest absolute Gasteiger partial charge is 0.487 e. The van der Waals surface area contributed by atoms with Crippen molar-refractivity contribution in [1.82, 2.24) is 4.98 Å². The third-order valence-corrected chi connectivity index (χ3v) is 4.51. The number of pyridine rings is 1. The Hall–Kier alpha value is -2.39. The van der Waals surface area contributed by atoms with E-state index >= 15 is 0 Å². The van der Waals surface area contributed by atoms with E-state index in [4.69, 9.17) is 9.47 Å². The normalized spacial score (nSPS) is 11.0. The van der Waals surface area contributed by atoms with Crippen LogP contribution in [0.25, 0.3) is 10.9 Å². The van der Waals surface area contributed by atoms with Crippen LogP contribution in [0.3, 0.4) is 0 Å². The van der Waals surface area contributed by atoms with Gasteiger partial charge in [0.2, 0.25) is 0 Å². The molecule has 3 rings (SSSR count). The molecular weight excluding hydrogens is 322 g/mol. The first-order valence-corrected chi connectivity index (χ1v) is 9.40. The molecule has 0 radical (unpaired) electrons. The van der Waals surface area contributed by atoms with Gasteiger partial charge in [0.25, 0.3) is 0 Å². The van der Waals surface area contributed by atoms with Gasteiger partial charge in [-0.25, -0.2) is 4.98 Å². The maximum absolute atomic E-state index is 5.96. The first-order chi connectivity index (χ1) is 12.8. The molecule has 0 atom stereocenters. The molecule has 2 aromatic carbocycles. The number of fused-ring (bicyclic) bond motifs is 1. The van der Waals surface area contributed by atoms with Gasteiger partial charge in [-0.1, -0.05) is 49.2 Å². The van der Waals surface area contributed by atoms with E-state index in [0.29, 0.717) is 6.61 Å². The zero-order valence-corrected chi connectivity index (χ0v) is 15.5. The lowest BCUT2D eigenvalue weighted by molar-refractivity contribution is 0.192. The van der Waals surface area contributed by atoms with Gasteiger partial charge in [0.1, 0.15) is 12.4 Å². The monoisotopic (exact) mass is 349 g/mol. The second-order valence-corrected chi connectivity index (χ2v) is 6.59. The number of methoxy groups -OCH3 is 1. The molecule has 0 unspecified atom stereocenters. The molecule has 0 aliphatic heterocycles. The van der Waals surface area contributed by atoms with Gasteiger partial charge in [0, 0.05) is 19.1 Å². The molecule has 0 aliphatic carbocycles. The van der Waals surface area contributed by atoms with Crippen molar-refractivity contribution >= 4 is 10.9 Å². The van der Waals surface area contributed by atoms with Crippen LogP contribution in [0.1, 0.15) is 36.9 Å². The Bertz CT molecular complexity index is 816. The lowest BCUT2D eigenvalue weighted by Gasteiger charge is -2.09. The molecule has 0 aliphatic rings. The highest BCUT2D eigenvalue weighted by molar-refractivity contribution is 5.78. The molecule has 1 heterocycles. The predicted molar refractivity (Wildman–Crippen MR) is 107 cm³/mol. The summed E-state index contributed by atoms with van der Waals surface area (Å²) in [6, 6.07) is 20.7. The van der Waals surface area contributed by atoms with E-state index in [2.05, 4.69) is 35.3 Å². The fourth-order valence-electron chi connectivity index (χ4n) is 3.07.